The first-order chi connectivity index (χ1) is 3.93. The summed E-state index contributed by atoms with van der Waals surface area (Å²) >= 11 is 0. The van der Waals surface area contributed by atoms with Crippen molar-refractivity contribution in [2.75, 3.05) is 6.54 Å². The van der Waals surface area contributed by atoms with Crippen molar-refractivity contribution in [3.63, 3.8) is 0 Å². The van der Waals surface area contributed by atoms with E-state index >= 15 is 0 Å². The van der Waals surface area contributed by atoms with Crippen LogP contribution in [-0.4, -0.2) is 27.2 Å². The predicted molar refractivity (Wildman–Crippen MR) is 37.3 cm³/mol. The van der Waals surface area contributed by atoms with E-state index in [4.69, 9.17) is 5.73 Å². The van der Waals surface area contributed by atoms with Gasteiger partial charge in [0.25, 0.3) is 0 Å². The lowest BCUT2D eigenvalue weighted by molar-refractivity contribution is 0.874. The fraction of sp³-hybridized carbons (Fsp3) is 0.667. The number of rotatable bonds is 2. The van der Waals surface area contributed by atoms with Crippen molar-refractivity contribution >= 4 is 17.0 Å². The van der Waals surface area contributed by atoms with E-state index in [1.54, 1.807) is 0 Å². The minimum Gasteiger partial charge on any atom is -0.330 e. The predicted octanol–water partition coefficient (Wildman–Crippen LogP) is -0.721. The third-order valence-corrected chi connectivity index (χ3v) is 0.757. The molecule has 0 radical (unpaired) electrons. The lowest BCUT2D eigenvalue weighted by atomic mass is 10.4. The van der Waals surface area contributed by atoms with Crippen LogP contribution in [0.15, 0.2) is 0 Å². The molecule has 1 heterocycles. The molecule has 9 heavy (non-hydrogen) atoms. The number of aromatic amines is 1. The molecule has 0 aromatic carbocycles. The molecule has 0 aliphatic rings. The Bertz CT molecular complexity index is 138. The maximum atomic E-state index is 5.20. The number of halogens is 1. The second kappa shape index (κ2) is 4.39. The van der Waals surface area contributed by atoms with Crippen LogP contribution in [0.1, 0.15) is 5.82 Å². The van der Waals surface area contributed by atoms with Crippen LogP contribution in [0.2, 0.25) is 0 Å². The normalized spacial score (nSPS) is 8.56. The lowest BCUT2D eigenvalue weighted by Gasteiger charge is -1.81. The van der Waals surface area contributed by atoms with Gasteiger partial charge in [-0.3, -0.25) is 0 Å². The number of hydrogen-bond acceptors (Lipinski definition) is 4. The van der Waals surface area contributed by atoms with Crippen LogP contribution in [0.25, 0.3) is 0 Å². The first-order valence-corrected chi connectivity index (χ1v) is 2.36. The Morgan fingerprint density at radius 1 is 1.56 bits per heavy atom. The van der Waals surface area contributed by atoms with Gasteiger partial charge in [-0.05, 0) is 6.54 Å². The molecule has 1 aromatic rings. The van der Waals surface area contributed by atoms with Crippen LogP contribution < -0.4 is 5.73 Å². The molecule has 5 nitrogen and oxygen atoms in total. The molecule has 1 aromatic heterocycles. The van der Waals surface area contributed by atoms with Gasteiger partial charge in [0.05, 0.1) is 0 Å². The summed E-state index contributed by atoms with van der Waals surface area (Å²) in [6, 6.07) is 0. The van der Waals surface area contributed by atoms with Crippen molar-refractivity contribution in [2.24, 2.45) is 5.73 Å². The van der Waals surface area contributed by atoms with E-state index in [0.29, 0.717) is 18.8 Å². The first kappa shape index (κ1) is 8.51. The fourth-order valence-corrected chi connectivity index (χ4v) is 0.418. The molecule has 0 aliphatic carbocycles. The van der Waals surface area contributed by atoms with E-state index in [2.05, 4.69) is 20.6 Å². The molecule has 0 unspecified atom stereocenters. The number of H-pyrrole nitrogens is 1. The summed E-state index contributed by atoms with van der Waals surface area (Å²) in [5.41, 5.74) is 5.20. The summed E-state index contributed by atoms with van der Waals surface area (Å²) in [4.78, 5) is 0. The second-order valence-corrected chi connectivity index (χ2v) is 1.37. The van der Waals surface area contributed by atoms with Crippen LogP contribution in [-0.2, 0) is 6.42 Å². The number of nitrogens with two attached hydrogens (primary N) is 1. The highest BCUT2D eigenvalue weighted by Crippen LogP contribution is 1.79. The second-order valence-electron chi connectivity index (χ2n) is 1.37. The summed E-state index contributed by atoms with van der Waals surface area (Å²) in [5, 5.41) is 13.0. The Hall–Kier alpha value is -0.490. The maximum absolute atomic E-state index is 5.20. The average molecular weight is 194 g/mol. The van der Waals surface area contributed by atoms with Gasteiger partial charge in [-0.1, -0.05) is 5.21 Å². The van der Waals surface area contributed by atoms with Gasteiger partial charge in [0.15, 0.2) is 5.82 Å². The summed E-state index contributed by atoms with van der Waals surface area (Å²) in [6.07, 6.45) is 0.691. The summed E-state index contributed by atoms with van der Waals surface area (Å²) in [6.45, 7) is 0.569. The van der Waals surface area contributed by atoms with E-state index in [-0.39, 0.29) is 17.0 Å². The van der Waals surface area contributed by atoms with Crippen molar-refractivity contribution < 1.29 is 0 Å². The van der Waals surface area contributed by atoms with E-state index < -0.39 is 0 Å². The van der Waals surface area contributed by atoms with Gasteiger partial charge < -0.3 is 5.73 Å². The Morgan fingerprint density at radius 3 is 2.78 bits per heavy atom. The molecular weight excluding hydrogens is 186 g/mol. The number of nitrogens with one attached hydrogen (secondary N) is 1. The quantitative estimate of drug-likeness (QED) is 0.650. The highest BCUT2D eigenvalue weighted by atomic mass is 79.9. The van der Waals surface area contributed by atoms with E-state index in [1.807, 2.05) is 0 Å². The molecule has 0 atom stereocenters. The smallest absolute Gasteiger partial charge is 0.175 e. The minimum atomic E-state index is 0. The van der Waals surface area contributed by atoms with Gasteiger partial charge in [0.1, 0.15) is 0 Å². The lowest BCUT2D eigenvalue weighted by Crippen LogP contribution is -2.03. The SMILES string of the molecule is Br.NCCc1nn[nH]n1. The molecule has 0 amide bonds. The zero-order chi connectivity index (χ0) is 5.82. The summed E-state index contributed by atoms with van der Waals surface area (Å²) in [5.74, 6) is 0.674. The number of aromatic nitrogens is 4. The fourth-order valence-electron chi connectivity index (χ4n) is 0.418. The van der Waals surface area contributed by atoms with Crippen LogP contribution >= 0.6 is 17.0 Å². The van der Waals surface area contributed by atoms with Crippen molar-refractivity contribution in [3.8, 4) is 0 Å². The Balaban J connectivity index is 0.000000640. The zero-order valence-electron chi connectivity index (χ0n) is 4.74. The monoisotopic (exact) mass is 193 g/mol. The number of tetrazole rings is 1. The molecule has 0 fully saturated rings. The van der Waals surface area contributed by atoms with Gasteiger partial charge >= 0.3 is 0 Å². The van der Waals surface area contributed by atoms with Crippen LogP contribution in [0.4, 0.5) is 0 Å². The highest BCUT2D eigenvalue weighted by molar-refractivity contribution is 8.93. The molecule has 1 rings (SSSR count). The van der Waals surface area contributed by atoms with Gasteiger partial charge in [0, 0.05) is 6.42 Å². The third kappa shape index (κ3) is 2.52. The average Bonchev–Trinajstić information content (AvgIpc) is 2.19. The largest absolute Gasteiger partial charge is 0.330 e. The zero-order valence-corrected chi connectivity index (χ0v) is 6.45. The maximum Gasteiger partial charge on any atom is 0.175 e. The van der Waals surface area contributed by atoms with Crippen LogP contribution in [0, 0.1) is 0 Å². The minimum absolute atomic E-state index is 0. The van der Waals surface area contributed by atoms with Crippen molar-refractivity contribution in [3.05, 3.63) is 5.82 Å². The van der Waals surface area contributed by atoms with Gasteiger partial charge in [-0.2, -0.15) is 5.21 Å². The number of hydrogen-bond donors (Lipinski definition) is 2. The molecule has 3 N–H and O–H groups in total. The first-order valence-electron chi connectivity index (χ1n) is 2.36. The molecule has 0 spiro atoms. The molecule has 52 valence electrons. The van der Waals surface area contributed by atoms with Gasteiger partial charge in [-0.15, -0.1) is 27.2 Å². The third-order valence-electron chi connectivity index (χ3n) is 0.757. The molecule has 0 bridgehead atoms. The van der Waals surface area contributed by atoms with Crippen molar-refractivity contribution in [2.45, 2.75) is 6.42 Å². The topological polar surface area (TPSA) is 80.5 Å². The van der Waals surface area contributed by atoms with E-state index in [1.165, 1.54) is 0 Å². The van der Waals surface area contributed by atoms with Crippen LogP contribution in [0.3, 0.4) is 0 Å². The van der Waals surface area contributed by atoms with Crippen LogP contribution in [0.5, 0.6) is 0 Å². The van der Waals surface area contributed by atoms with Crippen molar-refractivity contribution in [1.29, 1.82) is 0 Å². The molecule has 0 saturated carbocycles. The van der Waals surface area contributed by atoms with E-state index in [9.17, 15) is 0 Å². The van der Waals surface area contributed by atoms with Gasteiger partial charge in [-0.25, -0.2) is 0 Å². The highest BCUT2D eigenvalue weighted by Gasteiger charge is 1.91. The Labute approximate surface area is 62.8 Å². The summed E-state index contributed by atoms with van der Waals surface area (Å²) < 4.78 is 0. The molecular formula is C3H8BrN5. The molecule has 6 heteroatoms. The van der Waals surface area contributed by atoms with Crippen molar-refractivity contribution in [1.82, 2.24) is 20.6 Å². The Morgan fingerprint density at radius 2 is 2.33 bits per heavy atom. The van der Waals surface area contributed by atoms with Gasteiger partial charge in [0.2, 0.25) is 0 Å². The number of nitrogens with zero attached hydrogens (tertiary/aromatic N) is 3. The summed E-state index contributed by atoms with van der Waals surface area (Å²) in [7, 11) is 0. The molecule has 0 saturated heterocycles. The standard InChI is InChI=1S/C3H7N5.BrH/c4-2-1-3-5-7-8-6-3;/h1-2,4H2,(H,5,6,7,8);1H. The Kier molecular flexibility index (Phi) is 4.16. The van der Waals surface area contributed by atoms with E-state index in [0.717, 1.165) is 0 Å². The molecule has 0 aliphatic heterocycles.